The van der Waals surface area contributed by atoms with Crippen LogP contribution in [0.3, 0.4) is 0 Å². The van der Waals surface area contributed by atoms with Gasteiger partial charge in [0.15, 0.2) is 0 Å². The summed E-state index contributed by atoms with van der Waals surface area (Å²) in [5, 5.41) is 0. The highest BCUT2D eigenvalue weighted by molar-refractivity contribution is 9.10. The van der Waals surface area contributed by atoms with Crippen LogP contribution in [-0.4, -0.2) is 23.4 Å². The lowest BCUT2D eigenvalue weighted by Crippen LogP contribution is -2.41. The molecule has 0 atom stereocenters. The van der Waals surface area contributed by atoms with Crippen molar-refractivity contribution in [1.82, 2.24) is 4.90 Å². The molecule has 1 aliphatic carbocycles. The number of hydrogen-bond acceptors (Lipinski definition) is 1. The number of hydrogen-bond donors (Lipinski definition) is 0. The first-order valence-corrected chi connectivity index (χ1v) is 8.05. The van der Waals surface area contributed by atoms with Crippen LogP contribution in [0.5, 0.6) is 0 Å². The molecule has 0 saturated heterocycles. The highest BCUT2D eigenvalue weighted by Gasteiger charge is 2.29. The van der Waals surface area contributed by atoms with E-state index in [1.54, 1.807) is 18.2 Å². The number of carbonyl (C=O) groups is 1. The molecular formula is C16H21BrFNO. The van der Waals surface area contributed by atoms with Crippen molar-refractivity contribution in [3.8, 4) is 0 Å². The van der Waals surface area contributed by atoms with Crippen molar-refractivity contribution < 1.29 is 9.18 Å². The molecule has 0 bridgehead atoms. The van der Waals surface area contributed by atoms with Gasteiger partial charge in [0.2, 0.25) is 0 Å². The molecule has 1 amide bonds. The maximum atomic E-state index is 14.1. The zero-order valence-electron chi connectivity index (χ0n) is 12.0. The normalized spacial score (nSPS) is 15.8. The van der Waals surface area contributed by atoms with Crippen molar-refractivity contribution in [3.05, 3.63) is 34.1 Å². The SMILES string of the molecule is CC(C)CN(C(=O)c1cccc(Br)c1F)C1CCCC1. The number of carbonyl (C=O) groups excluding carboxylic acids is 1. The molecule has 110 valence electrons. The van der Waals surface area contributed by atoms with Gasteiger partial charge in [0.25, 0.3) is 5.91 Å². The van der Waals surface area contributed by atoms with Gasteiger partial charge in [-0.15, -0.1) is 0 Å². The maximum absolute atomic E-state index is 14.1. The quantitative estimate of drug-likeness (QED) is 0.781. The molecule has 0 radical (unpaired) electrons. The van der Waals surface area contributed by atoms with Gasteiger partial charge < -0.3 is 4.90 Å². The summed E-state index contributed by atoms with van der Waals surface area (Å²) >= 11 is 3.15. The predicted molar refractivity (Wildman–Crippen MR) is 82.2 cm³/mol. The van der Waals surface area contributed by atoms with E-state index < -0.39 is 5.82 Å². The van der Waals surface area contributed by atoms with Crippen LogP contribution in [0, 0.1) is 11.7 Å². The highest BCUT2D eigenvalue weighted by Crippen LogP contribution is 2.27. The molecule has 0 heterocycles. The van der Waals surface area contributed by atoms with Crippen molar-refractivity contribution in [2.45, 2.75) is 45.6 Å². The Bertz CT molecular complexity index is 483. The fraction of sp³-hybridized carbons (Fsp3) is 0.562. The van der Waals surface area contributed by atoms with E-state index in [4.69, 9.17) is 0 Å². The molecule has 1 fully saturated rings. The first-order chi connectivity index (χ1) is 9.50. The largest absolute Gasteiger partial charge is 0.335 e. The van der Waals surface area contributed by atoms with Crippen molar-refractivity contribution in [2.24, 2.45) is 5.92 Å². The van der Waals surface area contributed by atoms with Crippen molar-refractivity contribution >= 4 is 21.8 Å². The second-order valence-corrected chi connectivity index (χ2v) is 6.75. The van der Waals surface area contributed by atoms with Gasteiger partial charge in [-0.3, -0.25) is 4.79 Å². The van der Waals surface area contributed by atoms with Gasteiger partial charge in [-0.25, -0.2) is 4.39 Å². The highest BCUT2D eigenvalue weighted by atomic mass is 79.9. The third-order valence-corrected chi connectivity index (χ3v) is 4.38. The second-order valence-electron chi connectivity index (χ2n) is 5.89. The Morgan fingerprint density at radius 1 is 1.40 bits per heavy atom. The van der Waals surface area contributed by atoms with E-state index in [0.717, 1.165) is 25.7 Å². The van der Waals surface area contributed by atoms with E-state index in [-0.39, 0.29) is 17.5 Å². The Morgan fingerprint density at radius 3 is 2.65 bits per heavy atom. The molecule has 0 N–H and O–H groups in total. The summed E-state index contributed by atoms with van der Waals surface area (Å²) < 4.78 is 14.5. The van der Waals surface area contributed by atoms with Crippen LogP contribution in [0.25, 0.3) is 0 Å². The lowest BCUT2D eigenvalue weighted by Gasteiger charge is -2.31. The van der Waals surface area contributed by atoms with E-state index in [9.17, 15) is 9.18 Å². The lowest BCUT2D eigenvalue weighted by atomic mass is 10.1. The molecule has 2 rings (SSSR count). The number of halogens is 2. The molecule has 1 saturated carbocycles. The van der Waals surface area contributed by atoms with Crippen LogP contribution < -0.4 is 0 Å². The van der Waals surface area contributed by atoms with Crippen molar-refractivity contribution in [3.63, 3.8) is 0 Å². The van der Waals surface area contributed by atoms with Crippen LogP contribution >= 0.6 is 15.9 Å². The van der Waals surface area contributed by atoms with Crippen LogP contribution in [-0.2, 0) is 0 Å². The average molecular weight is 342 g/mol. The van der Waals surface area contributed by atoms with Crippen LogP contribution in [0.2, 0.25) is 0 Å². The van der Waals surface area contributed by atoms with Gasteiger partial charge in [0.05, 0.1) is 10.0 Å². The monoisotopic (exact) mass is 341 g/mol. The first kappa shape index (κ1) is 15.5. The summed E-state index contributed by atoms with van der Waals surface area (Å²) in [6.45, 7) is 4.87. The molecule has 20 heavy (non-hydrogen) atoms. The summed E-state index contributed by atoms with van der Waals surface area (Å²) in [6.07, 6.45) is 4.39. The Balaban J connectivity index is 2.27. The van der Waals surface area contributed by atoms with Gasteiger partial charge in [0.1, 0.15) is 5.82 Å². The number of amides is 1. The fourth-order valence-corrected chi connectivity index (χ4v) is 3.20. The Labute approximate surface area is 128 Å². The smallest absolute Gasteiger partial charge is 0.257 e. The lowest BCUT2D eigenvalue weighted by molar-refractivity contribution is 0.0650. The molecule has 1 aromatic carbocycles. The van der Waals surface area contributed by atoms with E-state index >= 15 is 0 Å². The van der Waals surface area contributed by atoms with Crippen LogP contribution in [0.4, 0.5) is 4.39 Å². The molecule has 0 unspecified atom stereocenters. The third kappa shape index (κ3) is 3.40. The summed E-state index contributed by atoms with van der Waals surface area (Å²) in [5.41, 5.74) is 0.173. The molecule has 0 aromatic heterocycles. The van der Waals surface area contributed by atoms with E-state index in [2.05, 4.69) is 29.8 Å². The minimum absolute atomic E-state index is 0.173. The number of benzene rings is 1. The zero-order valence-corrected chi connectivity index (χ0v) is 13.6. The number of nitrogens with zero attached hydrogens (tertiary/aromatic N) is 1. The topological polar surface area (TPSA) is 20.3 Å². The summed E-state index contributed by atoms with van der Waals surface area (Å²) in [5.74, 6) is -0.247. The first-order valence-electron chi connectivity index (χ1n) is 7.25. The molecule has 0 aliphatic heterocycles. The molecular weight excluding hydrogens is 321 g/mol. The Kier molecular flexibility index (Phi) is 5.19. The fourth-order valence-electron chi connectivity index (χ4n) is 2.83. The minimum Gasteiger partial charge on any atom is -0.335 e. The van der Waals surface area contributed by atoms with Gasteiger partial charge in [0, 0.05) is 12.6 Å². The predicted octanol–water partition coefficient (Wildman–Crippen LogP) is 4.63. The Morgan fingerprint density at radius 2 is 2.05 bits per heavy atom. The van der Waals surface area contributed by atoms with Gasteiger partial charge in [-0.2, -0.15) is 0 Å². The van der Waals surface area contributed by atoms with Crippen LogP contribution in [0.15, 0.2) is 22.7 Å². The van der Waals surface area contributed by atoms with Crippen molar-refractivity contribution in [2.75, 3.05) is 6.54 Å². The van der Waals surface area contributed by atoms with E-state index in [1.807, 2.05) is 4.90 Å². The maximum Gasteiger partial charge on any atom is 0.257 e. The molecule has 1 aliphatic rings. The summed E-state index contributed by atoms with van der Waals surface area (Å²) in [4.78, 5) is 14.6. The number of rotatable bonds is 4. The van der Waals surface area contributed by atoms with Gasteiger partial charge >= 0.3 is 0 Å². The van der Waals surface area contributed by atoms with Gasteiger partial charge in [-0.1, -0.05) is 32.8 Å². The zero-order chi connectivity index (χ0) is 14.7. The van der Waals surface area contributed by atoms with Crippen LogP contribution in [0.1, 0.15) is 49.9 Å². The third-order valence-electron chi connectivity index (χ3n) is 3.77. The molecule has 0 spiro atoms. The van der Waals surface area contributed by atoms with Gasteiger partial charge in [-0.05, 0) is 46.8 Å². The molecule has 1 aromatic rings. The Hall–Kier alpha value is -0.900. The average Bonchev–Trinajstić information content (AvgIpc) is 2.92. The summed E-state index contributed by atoms with van der Waals surface area (Å²) in [7, 11) is 0. The van der Waals surface area contributed by atoms with Crippen molar-refractivity contribution in [1.29, 1.82) is 0 Å². The molecule has 2 nitrogen and oxygen atoms in total. The second kappa shape index (κ2) is 6.70. The minimum atomic E-state index is -0.454. The standard InChI is InChI=1S/C16H21BrFNO/c1-11(2)10-19(12-6-3-4-7-12)16(20)13-8-5-9-14(17)15(13)18/h5,8-9,11-12H,3-4,6-7,10H2,1-2H3. The molecule has 4 heteroatoms. The summed E-state index contributed by atoms with van der Waals surface area (Å²) in [6, 6.07) is 5.17. The van der Waals surface area contributed by atoms with E-state index in [0.29, 0.717) is 16.9 Å². The van der Waals surface area contributed by atoms with E-state index in [1.165, 1.54) is 0 Å².